The quantitative estimate of drug-likeness (QED) is 0.390. The minimum atomic E-state index is -1.40. The summed E-state index contributed by atoms with van der Waals surface area (Å²) in [6.45, 7) is 6.88. The fraction of sp³-hybridized carbons (Fsp3) is 0.778. The molecule has 9 heteroatoms. The number of fused-ring (bicyclic) bond motifs is 5. The van der Waals surface area contributed by atoms with Gasteiger partial charge in [-0.15, -0.1) is 0 Å². The highest BCUT2D eigenvalue weighted by Gasteiger charge is 2.65. The molecular formula is C27H40N2O7. The van der Waals surface area contributed by atoms with Gasteiger partial charge in [0.25, 0.3) is 5.91 Å². The van der Waals surface area contributed by atoms with Gasteiger partial charge in [-0.05, 0) is 94.5 Å². The van der Waals surface area contributed by atoms with Gasteiger partial charge in [-0.2, -0.15) is 0 Å². The third-order valence-corrected chi connectivity index (χ3v) is 10.2. The van der Waals surface area contributed by atoms with Gasteiger partial charge in [-0.3, -0.25) is 9.59 Å². The van der Waals surface area contributed by atoms with E-state index < -0.39 is 36.2 Å². The van der Waals surface area contributed by atoms with Crippen molar-refractivity contribution in [2.75, 3.05) is 6.61 Å². The molecule has 0 heterocycles. The Morgan fingerprint density at radius 1 is 1.14 bits per heavy atom. The van der Waals surface area contributed by atoms with Crippen LogP contribution in [-0.2, 0) is 19.2 Å². The molecule has 0 aliphatic heterocycles. The van der Waals surface area contributed by atoms with E-state index in [-0.39, 0.29) is 16.6 Å². The minimum Gasteiger partial charge on any atom is -0.480 e. The number of aliphatic hydroxyl groups is 2. The topological polar surface area (TPSA) is 146 Å². The number of allylic oxidation sites excluding steroid dienone is 2. The van der Waals surface area contributed by atoms with Crippen LogP contribution in [0.4, 0.5) is 0 Å². The highest BCUT2D eigenvalue weighted by atomic mass is 16.6. The van der Waals surface area contributed by atoms with Crippen molar-refractivity contribution < 1.29 is 34.5 Å². The molecule has 0 aromatic carbocycles. The Labute approximate surface area is 212 Å². The average Bonchev–Trinajstić information content (AvgIpc) is 3.09. The Bertz CT molecular complexity index is 991. The first-order valence-corrected chi connectivity index (χ1v) is 13.2. The average molecular weight is 505 g/mol. The van der Waals surface area contributed by atoms with E-state index in [0.29, 0.717) is 24.2 Å². The Morgan fingerprint density at radius 3 is 2.47 bits per heavy atom. The summed E-state index contributed by atoms with van der Waals surface area (Å²) in [6.07, 6.45) is 7.83. The van der Waals surface area contributed by atoms with E-state index in [4.69, 9.17) is 9.94 Å². The number of hydrogen-bond acceptors (Lipinski definition) is 7. The van der Waals surface area contributed by atoms with Gasteiger partial charge >= 0.3 is 5.97 Å². The molecular weight excluding hydrogens is 464 g/mol. The first kappa shape index (κ1) is 26.8. The highest BCUT2D eigenvalue weighted by molar-refractivity contribution is 5.96. The summed E-state index contributed by atoms with van der Waals surface area (Å²) in [5.41, 5.74) is 0.622. The van der Waals surface area contributed by atoms with Crippen LogP contribution in [-0.4, -0.2) is 63.0 Å². The van der Waals surface area contributed by atoms with Gasteiger partial charge in [-0.25, -0.2) is 4.79 Å². The second-order valence-electron chi connectivity index (χ2n) is 11.9. The van der Waals surface area contributed by atoms with Gasteiger partial charge < -0.3 is 25.5 Å². The second kappa shape index (κ2) is 9.56. The fourth-order valence-electron chi connectivity index (χ4n) is 8.01. The molecule has 0 aromatic heterocycles. The number of amides is 1. The lowest BCUT2D eigenvalue weighted by atomic mass is 9.46. The van der Waals surface area contributed by atoms with Crippen molar-refractivity contribution in [1.82, 2.24) is 5.32 Å². The second-order valence-corrected chi connectivity index (χ2v) is 11.9. The van der Waals surface area contributed by atoms with Crippen molar-refractivity contribution in [3.63, 3.8) is 0 Å². The fourth-order valence-corrected chi connectivity index (χ4v) is 8.01. The van der Waals surface area contributed by atoms with E-state index in [1.807, 2.05) is 0 Å². The predicted octanol–water partition coefficient (Wildman–Crippen LogP) is 2.59. The SMILES string of the molecule is CC(=O)[C@@]1(O)CC[C@H]2[C@@H]3CCC4=C/C(=N/OCC(=O)N[C@@H](C(=O)O)[C@H](C)O)CC[C@]4(C)[C@H]3CC[C@@]21C. The zero-order valence-electron chi connectivity index (χ0n) is 21.7. The summed E-state index contributed by atoms with van der Waals surface area (Å²) in [4.78, 5) is 40.8. The van der Waals surface area contributed by atoms with E-state index in [9.17, 15) is 24.6 Å². The zero-order chi connectivity index (χ0) is 26.5. The van der Waals surface area contributed by atoms with Crippen LogP contribution in [0, 0.1) is 28.6 Å². The number of nitrogens with zero attached hydrogens (tertiary/aromatic N) is 1. The van der Waals surface area contributed by atoms with Crippen molar-refractivity contribution in [1.29, 1.82) is 0 Å². The minimum absolute atomic E-state index is 0.0452. The van der Waals surface area contributed by atoms with Gasteiger partial charge in [0.05, 0.1) is 11.8 Å². The third kappa shape index (κ3) is 4.28. The number of Topliss-reactive ketones (excluding diaryl/α,β-unsaturated/α-hetero) is 1. The number of oxime groups is 1. The Hall–Kier alpha value is -2.26. The molecule has 4 aliphatic rings. The molecule has 36 heavy (non-hydrogen) atoms. The molecule has 0 aromatic rings. The summed E-state index contributed by atoms with van der Waals surface area (Å²) in [5, 5.41) is 36.3. The lowest BCUT2D eigenvalue weighted by Gasteiger charge is -2.59. The number of carbonyl (C=O) groups excluding carboxylic acids is 2. The molecule has 3 fully saturated rings. The molecule has 1 amide bonds. The maximum absolute atomic E-state index is 12.4. The van der Waals surface area contributed by atoms with Gasteiger partial charge in [0, 0.05) is 5.41 Å². The van der Waals surface area contributed by atoms with Crippen molar-refractivity contribution in [3.05, 3.63) is 11.6 Å². The molecule has 4 aliphatic carbocycles. The first-order valence-electron chi connectivity index (χ1n) is 13.2. The molecule has 0 unspecified atom stereocenters. The number of nitrogens with one attached hydrogen (secondary N) is 1. The van der Waals surface area contributed by atoms with E-state index in [2.05, 4.69) is 30.4 Å². The van der Waals surface area contributed by atoms with Crippen LogP contribution >= 0.6 is 0 Å². The number of carboxylic acid groups (broad SMARTS) is 1. The molecule has 9 nitrogen and oxygen atoms in total. The van der Waals surface area contributed by atoms with Crippen LogP contribution in [0.3, 0.4) is 0 Å². The maximum Gasteiger partial charge on any atom is 0.328 e. The van der Waals surface area contributed by atoms with Crippen LogP contribution in [0.25, 0.3) is 0 Å². The van der Waals surface area contributed by atoms with Gasteiger partial charge in [-0.1, -0.05) is 24.6 Å². The number of carboxylic acids is 1. The monoisotopic (exact) mass is 504 g/mol. The largest absolute Gasteiger partial charge is 0.480 e. The Kier molecular flexibility index (Phi) is 7.11. The van der Waals surface area contributed by atoms with Gasteiger partial charge in [0.2, 0.25) is 0 Å². The van der Waals surface area contributed by atoms with E-state index in [1.54, 1.807) is 0 Å². The normalized spacial score (nSPS) is 40.2. The number of aliphatic hydroxyl groups excluding tert-OH is 1. The van der Waals surface area contributed by atoms with Crippen molar-refractivity contribution >= 4 is 23.4 Å². The summed E-state index contributed by atoms with van der Waals surface area (Å²) in [6, 6.07) is -1.40. The molecule has 200 valence electrons. The van der Waals surface area contributed by atoms with E-state index in [0.717, 1.165) is 50.7 Å². The van der Waals surface area contributed by atoms with E-state index in [1.165, 1.54) is 19.4 Å². The number of carbonyl (C=O) groups is 3. The summed E-state index contributed by atoms with van der Waals surface area (Å²) in [5.74, 6) is -0.709. The lowest BCUT2D eigenvalue weighted by Crippen LogP contribution is -2.57. The highest BCUT2D eigenvalue weighted by Crippen LogP contribution is 2.67. The van der Waals surface area contributed by atoms with Crippen molar-refractivity contribution in [2.24, 2.45) is 33.7 Å². The molecule has 0 radical (unpaired) electrons. The summed E-state index contributed by atoms with van der Waals surface area (Å²) in [7, 11) is 0. The first-order chi connectivity index (χ1) is 16.8. The summed E-state index contributed by atoms with van der Waals surface area (Å²) >= 11 is 0. The van der Waals surface area contributed by atoms with Crippen LogP contribution < -0.4 is 5.32 Å². The molecule has 4 N–H and O–H groups in total. The van der Waals surface area contributed by atoms with Crippen molar-refractivity contribution in [3.8, 4) is 0 Å². The lowest BCUT2D eigenvalue weighted by molar-refractivity contribution is -0.159. The van der Waals surface area contributed by atoms with Crippen LogP contribution in [0.1, 0.15) is 79.1 Å². The van der Waals surface area contributed by atoms with E-state index >= 15 is 0 Å². The molecule has 0 bridgehead atoms. The summed E-state index contributed by atoms with van der Waals surface area (Å²) < 4.78 is 0. The van der Waals surface area contributed by atoms with Crippen molar-refractivity contribution in [2.45, 2.75) is 96.8 Å². The number of aliphatic carboxylic acids is 1. The molecule has 4 rings (SSSR count). The molecule has 8 atom stereocenters. The maximum atomic E-state index is 12.4. The standard InChI is InChI=1S/C27H40N2O7/c1-15(30)23(24(33)34)28-22(32)14-36-29-18-7-10-25(3)17(13-18)5-6-19-20(25)8-11-26(4)21(19)9-12-27(26,35)16(2)31/h13,15,19-21,23,30,35H,5-12,14H2,1-4H3,(H,28,32)(H,33,34)/b29-18+/t15-,19+,20-,21-,23+,25-,26-,27-/m0/s1. The smallest absolute Gasteiger partial charge is 0.328 e. The zero-order valence-corrected chi connectivity index (χ0v) is 21.7. The van der Waals surface area contributed by atoms with Gasteiger partial charge in [0.15, 0.2) is 18.4 Å². The molecule has 0 spiro atoms. The predicted molar refractivity (Wildman–Crippen MR) is 132 cm³/mol. The van der Waals surface area contributed by atoms with Crippen LogP contribution in [0.15, 0.2) is 16.8 Å². The molecule has 3 saturated carbocycles. The Balaban J connectivity index is 1.42. The number of ketones is 1. The number of hydrogen-bond donors (Lipinski definition) is 4. The van der Waals surface area contributed by atoms with Crippen LogP contribution in [0.5, 0.6) is 0 Å². The third-order valence-electron chi connectivity index (χ3n) is 10.2. The Morgan fingerprint density at radius 2 is 1.83 bits per heavy atom. The van der Waals surface area contributed by atoms with Crippen LogP contribution in [0.2, 0.25) is 0 Å². The van der Waals surface area contributed by atoms with Gasteiger partial charge in [0.1, 0.15) is 5.60 Å². The number of rotatable bonds is 7. The molecule has 0 saturated heterocycles.